The van der Waals surface area contributed by atoms with Gasteiger partial charge in [0.15, 0.2) is 0 Å². The molecule has 1 nitrogen and oxygen atoms in total. The first-order valence-corrected chi connectivity index (χ1v) is 6.80. The van der Waals surface area contributed by atoms with E-state index in [0.29, 0.717) is 18.2 Å². The fourth-order valence-electron chi connectivity index (χ4n) is 2.54. The van der Waals surface area contributed by atoms with Gasteiger partial charge in [-0.05, 0) is 43.6 Å². The standard InChI is InChI=1S/C14H17ClFN/c15-12-3-1-2-11(13(12)16)8-17-14(9-4-5-9)10-6-7-10/h1-3,9-10,14,17H,4-8H2. The highest BCUT2D eigenvalue weighted by Gasteiger charge is 2.40. The Labute approximate surface area is 106 Å². The topological polar surface area (TPSA) is 12.0 Å². The monoisotopic (exact) mass is 253 g/mol. The molecule has 1 aromatic rings. The van der Waals surface area contributed by atoms with E-state index < -0.39 is 0 Å². The highest BCUT2D eigenvalue weighted by atomic mass is 35.5. The smallest absolute Gasteiger partial charge is 0.146 e. The maximum absolute atomic E-state index is 13.7. The van der Waals surface area contributed by atoms with Gasteiger partial charge in [0.2, 0.25) is 0 Å². The maximum atomic E-state index is 13.7. The number of hydrogen-bond acceptors (Lipinski definition) is 1. The minimum absolute atomic E-state index is 0.221. The number of benzene rings is 1. The van der Waals surface area contributed by atoms with Crippen molar-refractivity contribution in [3.05, 3.63) is 34.6 Å². The van der Waals surface area contributed by atoms with Crippen LogP contribution >= 0.6 is 11.6 Å². The van der Waals surface area contributed by atoms with Gasteiger partial charge in [0.05, 0.1) is 5.02 Å². The summed E-state index contributed by atoms with van der Waals surface area (Å²) in [5, 5.41) is 3.75. The van der Waals surface area contributed by atoms with Crippen LogP contribution in [-0.4, -0.2) is 6.04 Å². The quantitative estimate of drug-likeness (QED) is 0.843. The molecule has 0 aliphatic heterocycles. The molecule has 0 amide bonds. The molecule has 0 unspecified atom stereocenters. The third kappa shape index (κ3) is 2.63. The van der Waals surface area contributed by atoms with E-state index in [9.17, 15) is 4.39 Å². The second-order valence-corrected chi connectivity index (χ2v) is 5.70. The van der Waals surface area contributed by atoms with Crippen molar-refractivity contribution in [1.29, 1.82) is 0 Å². The predicted molar refractivity (Wildman–Crippen MR) is 67.5 cm³/mol. The fourth-order valence-corrected chi connectivity index (χ4v) is 2.74. The van der Waals surface area contributed by atoms with Gasteiger partial charge in [-0.2, -0.15) is 0 Å². The summed E-state index contributed by atoms with van der Waals surface area (Å²) >= 11 is 5.78. The highest BCUT2D eigenvalue weighted by Crippen LogP contribution is 2.44. The Balaban J connectivity index is 1.64. The van der Waals surface area contributed by atoms with Crippen molar-refractivity contribution in [2.75, 3.05) is 0 Å². The van der Waals surface area contributed by atoms with E-state index in [4.69, 9.17) is 11.6 Å². The molecule has 2 aliphatic rings. The van der Waals surface area contributed by atoms with Crippen LogP contribution in [0.15, 0.2) is 18.2 Å². The van der Waals surface area contributed by atoms with Gasteiger partial charge in [-0.1, -0.05) is 23.7 Å². The first-order valence-electron chi connectivity index (χ1n) is 6.42. The normalized spacial score (nSPS) is 19.9. The van der Waals surface area contributed by atoms with Crippen LogP contribution in [0.25, 0.3) is 0 Å². The lowest BCUT2D eigenvalue weighted by molar-refractivity contribution is 0.411. The summed E-state index contributed by atoms with van der Waals surface area (Å²) in [6, 6.07) is 5.82. The van der Waals surface area contributed by atoms with Crippen LogP contribution in [-0.2, 0) is 6.54 Å². The number of hydrogen-bond donors (Lipinski definition) is 1. The molecule has 0 spiro atoms. The van der Waals surface area contributed by atoms with E-state index in [1.807, 2.05) is 12.1 Å². The van der Waals surface area contributed by atoms with E-state index in [0.717, 1.165) is 11.8 Å². The van der Waals surface area contributed by atoms with Gasteiger partial charge in [0.25, 0.3) is 0 Å². The summed E-state index contributed by atoms with van der Waals surface area (Å²) in [6.45, 7) is 0.601. The molecule has 1 N–H and O–H groups in total. The van der Waals surface area contributed by atoms with Crippen molar-refractivity contribution in [3.63, 3.8) is 0 Å². The average molecular weight is 254 g/mol. The molecule has 0 aromatic heterocycles. The van der Waals surface area contributed by atoms with Crippen molar-refractivity contribution in [3.8, 4) is 0 Å². The number of halogens is 2. The Hall–Kier alpha value is -0.600. The molecule has 0 radical (unpaired) electrons. The Kier molecular flexibility index (Phi) is 3.10. The van der Waals surface area contributed by atoms with Gasteiger partial charge in [0.1, 0.15) is 5.82 Å². The molecule has 0 saturated heterocycles. The highest BCUT2D eigenvalue weighted by molar-refractivity contribution is 6.30. The van der Waals surface area contributed by atoms with E-state index >= 15 is 0 Å². The summed E-state index contributed by atoms with van der Waals surface area (Å²) in [4.78, 5) is 0. The summed E-state index contributed by atoms with van der Waals surface area (Å²) in [7, 11) is 0. The van der Waals surface area contributed by atoms with Crippen LogP contribution in [0.1, 0.15) is 31.2 Å². The van der Waals surface area contributed by atoms with Crippen LogP contribution in [0.5, 0.6) is 0 Å². The van der Waals surface area contributed by atoms with Crippen molar-refractivity contribution in [1.82, 2.24) is 5.32 Å². The largest absolute Gasteiger partial charge is 0.309 e. The van der Waals surface area contributed by atoms with Crippen LogP contribution in [0.2, 0.25) is 5.02 Å². The third-order valence-electron chi connectivity index (χ3n) is 3.82. The second kappa shape index (κ2) is 4.58. The Morgan fingerprint density at radius 2 is 1.88 bits per heavy atom. The summed E-state index contributed by atoms with van der Waals surface area (Å²) in [6.07, 6.45) is 5.36. The molecule has 1 aromatic carbocycles. The van der Waals surface area contributed by atoms with Gasteiger partial charge in [-0.3, -0.25) is 0 Å². The summed E-state index contributed by atoms with van der Waals surface area (Å²) in [5.74, 6) is 1.40. The van der Waals surface area contributed by atoms with Crippen LogP contribution in [0, 0.1) is 17.7 Å². The molecule has 3 heteroatoms. The lowest BCUT2D eigenvalue weighted by Gasteiger charge is -2.18. The lowest BCUT2D eigenvalue weighted by atomic mass is 10.1. The lowest BCUT2D eigenvalue weighted by Crippen LogP contribution is -2.32. The molecule has 2 fully saturated rings. The van der Waals surface area contributed by atoms with Gasteiger partial charge in [0, 0.05) is 18.2 Å². The first-order chi connectivity index (χ1) is 8.25. The minimum atomic E-state index is -0.271. The molecule has 17 heavy (non-hydrogen) atoms. The van der Waals surface area contributed by atoms with E-state index in [-0.39, 0.29) is 10.8 Å². The molecule has 0 heterocycles. The molecular formula is C14H17ClFN. The SMILES string of the molecule is Fc1c(Cl)cccc1CNC(C1CC1)C1CC1. The summed E-state index contributed by atoms with van der Waals surface area (Å²) in [5.41, 5.74) is 0.684. The van der Waals surface area contributed by atoms with Crippen LogP contribution in [0.3, 0.4) is 0 Å². The first kappa shape index (κ1) is 11.5. The maximum Gasteiger partial charge on any atom is 0.146 e. The molecule has 0 atom stereocenters. The molecule has 3 rings (SSSR count). The van der Waals surface area contributed by atoms with Crippen molar-refractivity contribution >= 4 is 11.6 Å². The van der Waals surface area contributed by atoms with Gasteiger partial charge in [-0.25, -0.2) is 4.39 Å². The zero-order valence-electron chi connectivity index (χ0n) is 9.76. The van der Waals surface area contributed by atoms with Crippen LogP contribution in [0.4, 0.5) is 4.39 Å². The van der Waals surface area contributed by atoms with Crippen molar-refractivity contribution < 1.29 is 4.39 Å². The molecule has 0 bridgehead atoms. The van der Waals surface area contributed by atoms with E-state index in [2.05, 4.69) is 5.32 Å². The number of rotatable bonds is 5. The Bertz CT molecular complexity index is 401. The summed E-state index contributed by atoms with van der Waals surface area (Å²) < 4.78 is 13.7. The van der Waals surface area contributed by atoms with E-state index in [1.165, 1.54) is 25.7 Å². The van der Waals surface area contributed by atoms with Gasteiger partial charge >= 0.3 is 0 Å². The van der Waals surface area contributed by atoms with E-state index in [1.54, 1.807) is 6.07 Å². The Morgan fingerprint density at radius 3 is 2.47 bits per heavy atom. The van der Waals surface area contributed by atoms with Gasteiger partial charge in [-0.15, -0.1) is 0 Å². The third-order valence-corrected chi connectivity index (χ3v) is 4.11. The van der Waals surface area contributed by atoms with Crippen LogP contribution < -0.4 is 5.32 Å². The zero-order valence-corrected chi connectivity index (χ0v) is 10.5. The second-order valence-electron chi connectivity index (χ2n) is 5.29. The molecular weight excluding hydrogens is 237 g/mol. The Morgan fingerprint density at radius 1 is 1.24 bits per heavy atom. The predicted octanol–water partition coefficient (Wildman–Crippen LogP) is 3.76. The molecule has 2 saturated carbocycles. The van der Waals surface area contributed by atoms with Gasteiger partial charge < -0.3 is 5.32 Å². The zero-order chi connectivity index (χ0) is 11.8. The molecule has 92 valence electrons. The fraction of sp³-hybridized carbons (Fsp3) is 0.571. The average Bonchev–Trinajstić information content (AvgIpc) is 3.14. The van der Waals surface area contributed by atoms with Crippen molar-refractivity contribution in [2.45, 2.75) is 38.3 Å². The number of nitrogens with one attached hydrogen (secondary N) is 1. The molecule has 2 aliphatic carbocycles. The minimum Gasteiger partial charge on any atom is -0.309 e. The van der Waals surface area contributed by atoms with Crippen molar-refractivity contribution in [2.24, 2.45) is 11.8 Å².